The smallest absolute Gasteiger partial charge is 0.331 e. The molecule has 1 unspecified atom stereocenters. The Morgan fingerprint density at radius 2 is 1.94 bits per heavy atom. The first-order valence-corrected chi connectivity index (χ1v) is 4.82. The van der Waals surface area contributed by atoms with Gasteiger partial charge in [-0.15, -0.1) is 0 Å². The second kappa shape index (κ2) is 5.70. The molecule has 16 heavy (non-hydrogen) atoms. The Labute approximate surface area is 93.7 Å². The van der Waals surface area contributed by atoms with Crippen molar-refractivity contribution in [1.29, 1.82) is 0 Å². The van der Waals surface area contributed by atoms with E-state index in [-0.39, 0.29) is 0 Å². The summed E-state index contributed by atoms with van der Waals surface area (Å²) in [6.45, 7) is 1.43. The van der Waals surface area contributed by atoms with E-state index in [1.165, 1.54) is 13.0 Å². The van der Waals surface area contributed by atoms with E-state index in [9.17, 15) is 9.59 Å². The lowest BCUT2D eigenvalue weighted by Gasteiger charge is -2.06. The average Bonchev–Trinajstić information content (AvgIpc) is 2.27. The molecule has 4 heteroatoms. The van der Waals surface area contributed by atoms with Crippen LogP contribution in [-0.4, -0.2) is 18.0 Å². The lowest BCUT2D eigenvalue weighted by molar-refractivity contribution is -0.148. The Morgan fingerprint density at radius 1 is 1.31 bits per heavy atom. The van der Waals surface area contributed by atoms with Gasteiger partial charge in [-0.2, -0.15) is 0 Å². The summed E-state index contributed by atoms with van der Waals surface area (Å²) in [7, 11) is 0. The summed E-state index contributed by atoms with van der Waals surface area (Å²) >= 11 is 0. The monoisotopic (exact) mass is 219 g/mol. The van der Waals surface area contributed by atoms with E-state index in [0.29, 0.717) is 0 Å². The molecule has 0 saturated heterocycles. The predicted molar refractivity (Wildman–Crippen MR) is 60.2 cm³/mol. The van der Waals surface area contributed by atoms with Crippen molar-refractivity contribution in [3.05, 3.63) is 42.0 Å². The molecule has 4 nitrogen and oxygen atoms in total. The predicted octanol–water partition coefficient (Wildman–Crippen LogP) is 1.12. The number of amides is 1. The molecule has 1 aromatic carbocycles. The highest BCUT2D eigenvalue weighted by atomic mass is 16.5. The number of carbonyl (C=O) groups excluding carboxylic acids is 2. The number of esters is 1. The summed E-state index contributed by atoms with van der Waals surface area (Å²) < 4.78 is 4.73. The zero-order valence-electron chi connectivity index (χ0n) is 8.92. The summed E-state index contributed by atoms with van der Waals surface area (Å²) in [6, 6.07) is 9.29. The van der Waals surface area contributed by atoms with Gasteiger partial charge in [0.05, 0.1) is 0 Å². The molecule has 0 aliphatic rings. The zero-order valence-corrected chi connectivity index (χ0v) is 8.92. The summed E-state index contributed by atoms with van der Waals surface area (Å²) in [4.78, 5) is 21.8. The quantitative estimate of drug-likeness (QED) is 0.609. The molecule has 0 aliphatic carbocycles. The van der Waals surface area contributed by atoms with Gasteiger partial charge in [-0.05, 0) is 18.6 Å². The van der Waals surface area contributed by atoms with Crippen molar-refractivity contribution < 1.29 is 14.3 Å². The van der Waals surface area contributed by atoms with Crippen LogP contribution in [0.1, 0.15) is 12.5 Å². The number of ether oxygens (including phenoxy) is 1. The van der Waals surface area contributed by atoms with Crippen LogP contribution in [0.5, 0.6) is 0 Å². The van der Waals surface area contributed by atoms with Crippen LogP contribution < -0.4 is 5.73 Å². The van der Waals surface area contributed by atoms with Crippen LogP contribution in [0.3, 0.4) is 0 Å². The Morgan fingerprint density at radius 3 is 2.50 bits per heavy atom. The molecule has 1 aromatic rings. The van der Waals surface area contributed by atoms with E-state index < -0.39 is 18.0 Å². The van der Waals surface area contributed by atoms with Crippen LogP contribution in [0.25, 0.3) is 6.08 Å². The lowest BCUT2D eigenvalue weighted by Crippen LogP contribution is -2.29. The largest absolute Gasteiger partial charge is 0.449 e. The minimum atomic E-state index is -0.909. The topological polar surface area (TPSA) is 69.4 Å². The van der Waals surface area contributed by atoms with Gasteiger partial charge in [-0.1, -0.05) is 30.3 Å². The van der Waals surface area contributed by atoms with Crippen molar-refractivity contribution in [2.75, 3.05) is 0 Å². The SMILES string of the molecule is CC(OC(=O)/C=C/c1ccccc1)C(N)=O. The zero-order chi connectivity index (χ0) is 12.0. The Kier molecular flexibility index (Phi) is 4.27. The van der Waals surface area contributed by atoms with Gasteiger partial charge >= 0.3 is 5.97 Å². The molecule has 1 amide bonds. The van der Waals surface area contributed by atoms with E-state index >= 15 is 0 Å². The van der Waals surface area contributed by atoms with E-state index in [2.05, 4.69) is 0 Å². The van der Waals surface area contributed by atoms with Crippen molar-refractivity contribution >= 4 is 18.0 Å². The molecular formula is C12H13NO3. The first kappa shape index (κ1) is 12.0. The van der Waals surface area contributed by atoms with Crippen molar-refractivity contribution in [2.45, 2.75) is 13.0 Å². The van der Waals surface area contributed by atoms with Gasteiger partial charge in [0.25, 0.3) is 5.91 Å². The fraction of sp³-hybridized carbons (Fsp3) is 0.167. The number of rotatable bonds is 4. The minimum absolute atomic E-state index is 0.588. The minimum Gasteiger partial charge on any atom is -0.449 e. The van der Waals surface area contributed by atoms with Gasteiger partial charge in [0.1, 0.15) is 0 Å². The molecular weight excluding hydrogens is 206 g/mol. The molecule has 0 aliphatic heterocycles. The van der Waals surface area contributed by atoms with Gasteiger partial charge in [0.2, 0.25) is 0 Å². The van der Waals surface area contributed by atoms with E-state index in [4.69, 9.17) is 10.5 Å². The number of carbonyl (C=O) groups is 2. The third kappa shape index (κ3) is 3.96. The van der Waals surface area contributed by atoms with Crippen molar-refractivity contribution in [3.63, 3.8) is 0 Å². The number of hydrogen-bond acceptors (Lipinski definition) is 3. The van der Waals surface area contributed by atoms with E-state index in [1.54, 1.807) is 6.08 Å². The Hall–Kier alpha value is -2.10. The number of primary amides is 1. The normalized spacial score (nSPS) is 12.3. The second-order valence-electron chi connectivity index (χ2n) is 3.23. The fourth-order valence-corrected chi connectivity index (χ4v) is 1.00. The van der Waals surface area contributed by atoms with Crippen LogP contribution in [-0.2, 0) is 14.3 Å². The highest BCUT2D eigenvalue weighted by molar-refractivity contribution is 5.89. The van der Waals surface area contributed by atoms with Gasteiger partial charge in [-0.3, -0.25) is 4.79 Å². The highest BCUT2D eigenvalue weighted by Crippen LogP contribution is 2.01. The Bertz CT molecular complexity index is 398. The van der Waals surface area contributed by atoms with Crippen LogP contribution in [0, 0.1) is 0 Å². The standard InChI is InChI=1S/C12H13NO3/c1-9(12(13)15)16-11(14)8-7-10-5-3-2-4-6-10/h2-9H,1H3,(H2,13,15)/b8-7+. The van der Waals surface area contributed by atoms with Crippen LogP contribution in [0.4, 0.5) is 0 Å². The molecule has 0 fully saturated rings. The molecule has 1 atom stereocenters. The second-order valence-corrected chi connectivity index (χ2v) is 3.23. The number of benzene rings is 1. The summed E-state index contributed by atoms with van der Waals surface area (Å²) in [5, 5.41) is 0. The molecule has 0 radical (unpaired) electrons. The van der Waals surface area contributed by atoms with Gasteiger partial charge < -0.3 is 10.5 Å². The maximum atomic E-state index is 11.2. The third-order valence-corrected chi connectivity index (χ3v) is 1.91. The maximum absolute atomic E-state index is 11.2. The average molecular weight is 219 g/mol. The van der Waals surface area contributed by atoms with Gasteiger partial charge in [0.15, 0.2) is 6.10 Å². The van der Waals surface area contributed by atoms with Crippen LogP contribution >= 0.6 is 0 Å². The summed E-state index contributed by atoms with van der Waals surface area (Å²) in [6.07, 6.45) is 1.96. The highest BCUT2D eigenvalue weighted by Gasteiger charge is 2.11. The van der Waals surface area contributed by atoms with Crippen molar-refractivity contribution in [2.24, 2.45) is 5.73 Å². The fourth-order valence-electron chi connectivity index (χ4n) is 1.00. The molecule has 2 N–H and O–H groups in total. The molecule has 0 bridgehead atoms. The van der Waals surface area contributed by atoms with Crippen molar-refractivity contribution in [1.82, 2.24) is 0 Å². The van der Waals surface area contributed by atoms with Crippen LogP contribution in [0.15, 0.2) is 36.4 Å². The van der Waals surface area contributed by atoms with Crippen molar-refractivity contribution in [3.8, 4) is 0 Å². The van der Waals surface area contributed by atoms with E-state index in [1.807, 2.05) is 30.3 Å². The first-order valence-electron chi connectivity index (χ1n) is 4.82. The molecule has 0 spiro atoms. The number of hydrogen-bond donors (Lipinski definition) is 1. The van der Waals surface area contributed by atoms with Gasteiger partial charge in [0, 0.05) is 6.08 Å². The molecule has 0 heterocycles. The third-order valence-electron chi connectivity index (χ3n) is 1.91. The molecule has 1 rings (SSSR count). The summed E-state index contributed by atoms with van der Waals surface area (Å²) in [5.74, 6) is -1.25. The van der Waals surface area contributed by atoms with Crippen LogP contribution in [0.2, 0.25) is 0 Å². The molecule has 0 aromatic heterocycles. The lowest BCUT2D eigenvalue weighted by atomic mass is 10.2. The molecule has 0 saturated carbocycles. The summed E-state index contributed by atoms with van der Waals surface area (Å²) in [5.41, 5.74) is 5.83. The Balaban J connectivity index is 2.52. The van der Waals surface area contributed by atoms with E-state index in [0.717, 1.165) is 5.56 Å². The number of nitrogens with two attached hydrogens (primary N) is 1. The maximum Gasteiger partial charge on any atom is 0.331 e. The van der Waals surface area contributed by atoms with Gasteiger partial charge in [-0.25, -0.2) is 4.79 Å². The molecule has 84 valence electrons. The first-order chi connectivity index (χ1) is 7.59.